The van der Waals surface area contributed by atoms with Gasteiger partial charge in [0.1, 0.15) is 0 Å². The Hall–Kier alpha value is 0.360. The van der Waals surface area contributed by atoms with Crippen molar-refractivity contribution in [3.05, 3.63) is 0 Å². The molecule has 0 aromatic rings. The molecule has 0 radical (unpaired) electrons. The van der Waals surface area contributed by atoms with E-state index >= 15 is 0 Å². The Bertz CT molecular complexity index is 295. The second-order valence-corrected chi connectivity index (χ2v) is 8.55. The zero-order valence-corrected chi connectivity index (χ0v) is 21.0. The van der Waals surface area contributed by atoms with Crippen molar-refractivity contribution in [3.63, 3.8) is 0 Å². The molecule has 0 saturated heterocycles. The molecule has 0 heterocycles. The van der Waals surface area contributed by atoms with Crippen molar-refractivity contribution in [3.8, 4) is 0 Å². The highest BCUT2D eigenvalue weighted by Gasteiger charge is 2.41. The zero-order chi connectivity index (χ0) is 20.9. The van der Waals surface area contributed by atoms with Gasteiger partial charge in [0.2, 0.25) is 0 Å². The molecule has 0 spiro atoms. The third-order valence-corrected chi connectivity index (χ3v) is 5.94. The molecule has 0 aromatic heterocycles. The van der Waals surface area contributed by atoms with Crippen LogP contribution in [0.2, 0.25) is 0 Å². The monoisotopic (exact) mass is 464 g/mol. The fourth-order valence-corrected chi connectivity index (χ4v) is 4.34. The van der Waals surface area contributed by atoms with Gasteiger partial charge in [-0.25, -0.2) is 0 Å². The number of unbranched alkanes of at least 4 members (excludes halogenated alkanes) is 10. The molecule has 170 valence electrons. The maximum atomic E-state index is 6.13. The summed E-state index contributed by atoms with van der Waals surface area (Å²) < 4.78 is 18.4. The molecule has 0 aliphatic rings. The normalized spacial score (nSPS) is 13.2. The third-order valence-electron chi connectivity index (χ3n) is 5.38. The minimum absolute atomic E-state index is 0.320. The van der Waals surface area contributed by atoms with Gasteiger partial charge in [-0.05, 0) is 40.0 Å². The zero-order valence-electron chi connectivity index (χ0n) is 19.4. The molecule has 0 rings (SSSR count). The first-order valence-electron chi connectivity index (χ1n) is 12.2. The number of hydrogen-bond donors (Lipinski definition) is 0. The van der Waals surface area contributed by atoms with Crippen molar-refractivity contribution < 1.29 is 14.2 Å². The maximum Gasteiger partial charge on any atom is 0.285 e. The van der Waals surface area contributed by atoms with Crippen LogP contribution in [0.4, 0.5) is 0 Å². The van der Waals surface area contributed by atoms with Gasteiger partial charge >= 0.3 is 0 Å². The first-order chi connectivity index (χ1) is 13.7. The van der Waals surface area contributed by atoms with Gasteiger partial charge in [-0.15, -0.1) is 0 Å². The van der Waals surface area contributed by atoms with Crippen molar-refractivity contribution in [2.45, 2.75) is 124 Å². The van der Waals surface area contributed by atoms with Crippen LogP contribution in [0.25, 0.3) is 0 Å². The van der Waals surface area contributed by atoms with Gasteiger partial charge in [0.25, 0.3) is 5.97 Å². The molecule has 1 unspecified atom stereocenters. The fourth-order valence-electron chi connectivity index (χ4n) is 3.94. The largest absolute Gasteiger partial charge is 0.328 e. The summed E-state index contributed by atoms with van der Waals surface area (Å²) in [6, 6.07) is 0. The molecule has 0 aromatic carbocycles. The Balaban J connectivity index is 4.67. The molecular formula is C24H49BrO3. The molecule has 0 saturated carbocycles. The predicted octanol–water partition coefficient (Wildman–Crippen LogP) is 8.24. The summed E-state index contributed by atoms with van der Waals surface area (Å²) in [5.74, 6) is -0.529. The number of alkyl halides is 1. The van der Waals surface area contributed by atoms with Gasteiger partial charge in [0, 0.05) is 31.1 Å². The number of hydrogen-bond acceptors (Lipinski definition) is 3. The molecule has 28 heavy (non-hydrogen) atoms. The summed E-state index contributed by atoms with van der Waals surface area (Å²) in [6.45, 7) is 10.3. The van der Waals surface area contributed by atoms with Crippen LogP contribution in [0.1, 0.15) is 118 Å². The lowest BCUT2D eigenvalue weighted by Crippen LogP contribution is -2.46. The van der Waals surface area contributed by atoms with E-state index in [1.165, 1.54) is 77.0 Å². The average molecular weight is 466 g/mol. The fraction of sp³-hybridized carbons (Fsp3) is 1.00. The predicted molar refractivity (Wildman–Crippen MR) is 125 cm³/mol. The van der Waals surface area contributed by atoms with E-state index in [4.69, 9.17) is 14.2 Å². The van der Waals surface area contributed by atoms with Gasteiger partial charge in [-0.2, -0.15) is 0 Å². The van der Waals surface area contributed by atoms with Crippen LogP contribution < -0.4 is 0 Å². The van der Waals surface area contributed by atoms with Crippen LogP contribution in [0.15, 0.2) is 0 Å². The van der Waals surface area contributed by atoms with Gasteiger partial charge in [-0.1, -0.05) is 93.5 Å². The lowest BCUT2D eigenvalue weighted by molar-refractivity contribution is -0.403. The van der Waals surface area contributed by atoms with E-state index in [-0.39, 0.29) is 0 Å². The van der Waals surface area contributed by atoms with Crippen LogP contribution in [-0.2, 0) is 14.2 Å². The number of halogens is 1. The minimum Gasteiger partial charge on any atom is -0.328 e. The lowest BCUT2D eigenvalue weighted by Gasteiger charge is -2.39. The maximum absolute atomic E-state index is 6.13. The smallest absolute Gasteiger partial charge is 0.285 e. The first kappa shape index (κ1) is 28.4. The summed E-state index contributed by atoms with van der Waals surface area (Å²) in [7, 11) is 0. The highest BCUT2D eigenvalue weighted by molar-refractivity contribution is 9.09. The van der Waals surface area contributed by atoms with Gasteiger partial charge in [0.15, 0.2) is 0 Å². The van der Waals surface area contributed by atoms with E-state index in [0.717, 1.165) is 18.2 Å². The SMILES string of the molecule is CCCCCCCCC(CCCCCCCCBr)C(OCC)(OCC)OCC. The molecule has 1 atom stereocenters. The Labute approximate surface area is 184 Å². The van der Waals surface area contributed by atoms with Crippen molar-refractivity contribution >= 4 is 15.9 Å². The molecule has 0 aliphatic heterocycles. The summed E-state index contributed by atoms with van der Waals surface area (Å²) in [5.41, 5.74) is 0. The standard InChI is InChI=1S/C24H49BrO3/c1-5-9-10-11-14-17-20-23(21-18-15-12-13-16-19-22-25)24(26-6-2,27-7-3)28-8-4/h23H,5-22H2,1-4H3. The van der Waals surface area contributed by atoms with Crippen LogP contribution in [0.3, 0.4) is 0 Å². The quantitative estimate of drug-likeness (QED) is 0.0915. The molecular weight excluding hydrogens is 416 g/mol. The van der Waals surface area contributed by atoms with Crippen molar-refractivity contribution in [1.82, 2.24) is 0 Å². The Morgan fingerprint density at radius 2 is 0.964 bits per heavy atom. The van der Waals surface area contributed by atoms with Crippen molar-refractivity contribution in [1.29, 1.82) is 0 Å². The second kappa shape index (κ2) is 20.6. The minimum atomic E-state index is -0.850. The second-order valence-electron chi connectivity index (χ2n) is 7.75. The van der Waals surface area contributed by atoms with E-state index in [9.17, 15) is 0 Å². The molecule has 0 amide bonds. The van der Waals surface area contributed by atoms with Crippen LogP contribution >= 0.6 is 15.9 Å². The molecule has 0 bridgehead atoms. The van der Waals surface area contributed by atoms with E-state index in [1.807, 2.05) is 20.8 Å². The lowest BCUT2D eigenvalue weighted by atomic mass is 9.91. The van der Waals surface area contributed by atoms with Crippen molar-refractivity contribution in [2.75, 3.05) is 25.2 Å². The molecule has 3 nitrogen and oxygen atoms in total. The number of rotatable bonds is 22. The average Bonchev–Trinajstić information content (AvgIpc) is 2.68. The van der Waals surface area contributed by atoms with Crippen LogP contribution in [-0.4, -0.2) is 31.1 Å². The molecule has 0 aliphatic carbocycles. The summed E-state index contributed by atoms with van der Waals surface area (Å²) in [4.78, 5) is 0. The Kier molecular flexibility index (Phi) is 20.9. The summed E-state index contributed by atoms with van der Waals surface area (Å²) in [6.07, 6.45) is 18.1. The van der Waals surface area contributed by atoms with Crippen LogP contribution in [0, 0.1) is 5.92 Å². The topological polar surface area (TPSA) is 27.7 Å². The number of ether oxygens (including phenoxy) is 3. The van der Waals surface area contributed by atoms with Gasteiger partial charge in [-0.3, -0.25) is 0 Å². The van der Waals surface area contributed by atoms with Crippen LogP contribution in [0.5, 0.6) is 0 Å². The van der Waals surface area contributed by atoms with E-state index < -0.39 is 5.97 Å². The van der Waals surface area contributed by atoms with E-state index in [1.54, 1.807) is 0 Å². The van der Waals surface area contributed by atoms with Gasteiger partial charge < -0.3 is 14.2 Å². The third kappa shape index (κ3) is 13.6. The Morgan fingerprint density at radius 1 is 0.571 bits per heavy atom. The van der Waals surface area contributed by atoms with Gasteiger partial charge in [0.05, 0.1) is 0 Å². The van der Waals surface area contributed by atoms with Crippen molar-refractivity contribution in [2.24, 2.45) is 5.92 Å². The highest BCUT2D eigenvalue weighted by Crippen LogP contribution is 2.34. The summed E-state index contributed by atoms with van der Waals surface area (Å²) in [5, 5.41) is 1.13. The first-order valence-corrected chi connectivity index (χ1v) is 13.3. The van der Waals surface area contributed by atoms with E-state index in [0.29, 0.717) is 25.7 Å². The summed E-state index contributed by atoms with van der Waals surface area (Å²) >= 11 is 3.52. The molecule has 0 N–H and O–H groups in total. The highest BCUT2D eigenvalue weighted by atomic mass is 79.9. The molecule has 0 fully saturated rings. The molecule has 4 heteroatoms. The Morgan fingerprint density at radius 3 is 1.36 bits per heavy atom. The van der Waals surface area contributed by atoms with E-state index in [2.05, 4.69) is 22.9 Å².